The normalized spacial score (nSPS) is 6.07. The molecular formula is C22H15MnO5W. The minimum absolute atomic E-state index is 0. The van der Waals surface area contributed by atoms with E-state index in [1.807, 2.05) is 78.9 Å². The van der Waals surface area contributed by atoms with E-state index in [4.69, 9.17) is 18.6 Å². The molecule has 146 valence electrons. The van der Waals surface area contributed by atoms with Crippen LogP contribution >= 0.6 is 0 Å². The number of ketones is 1. The van der Waals surface area contributed by atoms with E-state index in [0.29, 0.717) is 0 Å². The third-order valence-corrected chi connectivity index (χ3v) is 2.91. The molecule has 0 spiro atoms. The van der Waals surface area contributed by atoms with Gasteiger partial charge in [0.1, 0.15) is 0 Å². The molecule has 5 nitrogen and oxygen atoms in total. The van der Waals surface area contributed by atoms with Crippen LogP contribution in [0.2, 0.25) is 0 Å². The first kappa shape index (κ1) is 37.4. The maximum Gasteiger partial charge on any atom is 3.00 e. The van der Waals surface area contributed by atoms with Crippen molar-refractivity contribution >= 4 is 10.2 Å². The van der Waals surface area contributed by atoms with Gasteiger partial charge in [0, 0.05) is 0 Å². The zero-order valence-corrected chi connectivity index (χ0v) is 19.1. The van der Waals surface area contributed by atoms with Crippen LogP contribution < -0.4 is 0 Å². The Hall–Kier alpha value is -2.37. The van der Waals surface area contributed by atoms with E-state index in [9.17, 15) is 4.79 Å². The number of hydrogen-bond donors (Lipinski definition) is 0. The molecule has 3 aromatic rings. The van der Waals surface area contributed by atoms with Crippen LogP contribution in [0.4, 0.5) is 0 Å². The Bertz CT molecular complexity index is 643. The molecule has 0 saturated heterocycles. The molecule has 0 radical (unpaired) electrons. The minimum atomic E-state index is -0.00407. The Labute approximate surface area is 192 Å². The van der Waals surface area contributed by atoms with Crippen LogP contribution in [-0.4, -0.2) is 10.2 Å². The van der Waals surface area contributed by atoms with Gasteiger partial charge in [0.25, 0.3) is 0 Å². The predicted octanol–water partition coefficient (Wildman–Crippen LogP) is 3.75. The maximum atomic E-state index is 10.9. The number of Topliss-reactive ketones (excluding diaryl/α,β-unsaturated/α-hetero) is 1. The summed E-state index contributed by atoms with van der Waals surface area (Å²) in [5.74, 6) is -0.00407. The van der Waals surface area contributed by atoms with Crippen molar-refractivity contribution in [1.82, 2.24) is 0 Å². The summed E-state index contributed by atoms with van der Waals surface area (Å²) in [5, 5.41) is 0. The second-order valence-electron chi connectivity index (χ2n) is 3.72. The summed E-state index contributed by atoms with van der Waals surface area (Å²) >= 11 is 1.07. The van der Waals surface area contributed by atoms with Crippen molar-refractivity contribution in [2.75, 3.05) is 0 Å². The molecule has 0 saturated carbocycles. The summed E-state index contributed by atoms with van der Waals surface area (Å²) in [5.41, 5.74) is 0.720. The predicted molar refractivity (Wildman–Crippen MR) is 95.6 cm³/mol. The first-order chi connectivity index (χ1) is 13.8. The first-order valence-corrected chi connectivity index (χ1v) is 8.44. The minimum Gasteiger partial charge on any atom is -0.214 e. The first-order valence-electron chi connectivity index (χ1n) is 6.97. The number of carbonyl (C=O) groups excluding carboxylic acids is 1. The second kappa shape index (κ2) is 40.3. The number of benzene rings is 1. The molecule has 0 aromatic heterocycles. The largest absolute Gasteiger partial charge is 3.00 e. The standard InChI is InChI=1S/C8H5O.2C5H5.4CO.Mn.W/c1-7(9)8-5-3-2-4-6-8;2*1-2-4-5-3-1;4*1-2;;/h2-6H;2*1-5H;;;;;;/q3*-1;;;;;+3;. The summed E-state index contributed by atoms with van der Waals surface area (Å²) in [4.78, 5) is 10.9. The van der Waals surface area contributed by atoms with E-state index in [0.717, 1.165) is 24.9 Å². The zero-order chi connectivity index (χ0) is 22.5. The van der Waals surface area contributed by atoms with E-state index in [2.05, 4.69) is 31.0 Å². The van der Waals surface area contributed by atoms with E-state index in [1.54, 1.807) is 12.1 Å². The van der Waals surface area contributed by atoms with Crippen LogP contribution in [0, 0.1) is 26.6 Å². The van der Waals surface area contributed by atoms with Crippen LogP contribution in [0.25, 0.3) is 0 Å². The number of rotatable bonds is 2. The molecule has 0 amide bonds. The third-order valence-electron chi connectivity index (χ3n) is 2.24. The molecule has 0 aliphatic rings. The molecule has 29 heavy (non-hydrogen) atoms. The average molecular weight is 598 g/mol. The average Bonchev–Trinajstić information content (AvgIpc) is 3.59. The van der Waals surface area contributed by atoms with Gasteiger partial charge in [0.15, 0.2) is 0 Å². The fourth-order valence-corrected chi connectivity index (χ4v) is 1.71. The Kier molecular flexibility index (Phi) is 52.0. The quantitative estimate of drug-likeness (QED) is 0.191. The molecule has 0 aliphatic heterocycles. The summed E-state index contributed by atoms with van der Waals surface area (Å²) < 4.78 is 32.6. The summed E-state index contributed by atoms with van der Waals surface area (Å²) in [6.07, 6.45) is 0. The van der Waals surface area contributed by atoms with Crippen LogP contribution in [0.1, 0.15) is 10.4 Å². The zero-order valence-electron chi connectivity index (χ0n) is 15.0. The second-order valence-corrected chi connectivity index (χ2v) is 4.46. The van der Waals surface area contributed by atoms with Crippen molar-refractivity contribution in [3.8, 4) is 0 Å². The molecule has 0 N–H and O–H groups in total. The van der Waals surface area contributed by atoms with Crippen molar-refractivity contribution in [2.24, 2.45) is 0 Å². The Morgan fingerprint density at radius 2 is 1.00 bits per heavy atom. The van der Waals surface area contributed by atoms with Crippen molar-refractivity contribution in [1.29, 1.82) is 0 Å². The van der Waals surface area contributed by atoms with Gasteiger partial charge < -0.3 is 0 Å². The summed E-state index contributed by atoms with van der Waals surface area (Å²) in [6.45, 7) is 18.0. The molecular weight excluding hydrogens is 583 g/mol. The van der Waals surface area contributed by atoms with Gasteiger partial charge >= 0.3 is 133 Å². The van der Waals surface area contributed by atoms with Crippen molar-refractivity contribution in [2.45, 2.75) is 0 Å². The van der Waals surface area contributed by atoms with Gasteiger partial charge in [-0.25, -0.2) is 24.3 Å². The monoisotopic (exact) mass is 598 g/mol. The molecule has 3 rings (SSSR count). The molecule has 0 bridgehead atoms. The molecule has 3 aromatic carbocycles. The van der Waals surface area contributed by atoms with Gasteiger partial charge in [-0.15, -0.1) is 0 Å². The van der Waals surface area contributed by atoms with Gasteiger partial charge in [-0.1, -0.05) is 0 Å². The van der Waals surface area contributed by atoms with Crippen LogP contribution in [-0.2, 0) is 55.0 Å². The Morgan fingerprint density at radius 3 is 1.21 bits per heavy atom. The van der Waals surface area contributed by atoms with E-state index in [-0.39, 0.29) is 22.9 Å². The van der Waals surface area contributed by atoms with E-state index < -0.39 is 0 Å². The van der Waals surface area contributed by atoms with Gasteiger partial charge in [0.2, 0.25) is 0 Å². The fourth-order valence-electron chi connectivity index (χ4n) is 1.29. The van der Waals surface area contributed by atoms with Crippen molar-refractivity contribution in [3.63, 3.8) is 0 Å². The number of carbonyl (C=O) groups is 1. The van der Waals surface area contributed by atoms with E-state index >= 15 is 0 Å². The van der Waals surface area contributed by atoms with Gasteiger partial charge in [-0.3, -0.25) is 0 Å². The van der Waals surface area contributed by atoms with Crippen LogP contribution in [0.3, 0.4) is 0 Å². The van der Waals surface area contributed by atoms with Gasteiger partial charge in [-0.05, 0) is 0 Å². The summed E-state index contributed by atoms with van der Waals surface area (Å²) in [7, 11) is 0. The van der Waals surface area contributed by atoms with Crippen molar-refractivity contribution in [3.05, 3.63) is 123 Å². The molecule has 0 unspecified atom stereocenters. The van der Waals surface area contributed by atoms with E-state index in [1.165, 1.54) is 0 Å². The SMILES string of the molecule is O=C([C-]=[W])c1ccccc1.[C-]#[O+].[C-]#[O+].[C-]#[O+].[C-]#[O+].[Mn+3].c1cc[cH-]c1.c1cc[cH-]c1. The van der Waals surface area contributed by atoms with Crippen LogP contribution in [0.15, 0.2) is 91.0 Å². The van der Waals surface area contributed by atoms with Gasteiger partial charge in [-0.2, -0.15) is 36.4 Å². The molecule has 0 heterocycles. The maximum absolute atomic E-state index is 10.9. The summed E-state index contributed by atoms with van der Waals surface area (Å²) in [6, 6.07) is 29.2. The Balaban J connectivity index is -0.0000000873. The number of hydrogen-bond acceptors (Lipinski definition) is 1. The molecule has 7 heteroatoms. The van der Waals surface area contributed by atoms with Gasteiger partial charge in [0.05, 0.1) is 0 Å². The smallest absolute Gasteiger partial charge is 0.214 e. The van der Waals surface area contributed by atoms with Crippen molar-refractivity contribution < 1.29 is 59.8 Å². The molecule has 0 fully saturated rings. The Morgan fingerprint density at radius 1 is 0.690 bits per heavy atom. The topological polar surface area (TPSA) is 96.7 Å². The molecule has 0 atom stereocenters. The fraction of sp³-hybridized carbons (Fsp3) is 0. The third kappa shape index (κ3) is 30.6. The van der Waals surface area contributed by atoms with Crippen LogP contribution in [0.5, 0.6) is 0 Å². The molecule has 0 aliphatic carbocycles.